The highest BCUT2D eigenvalue weighted by Crippen LogP contribution is 2.18. The van der Waals surface area contributed by atoms with Gasteiger partial charge in [0.2, 0.25) is 0 Å². The van der Waals surface area contributed by atoms with Crippen molar-refractivity contribution >= 4 is 5.97 Å². The molecule has 2 rings (SSSR count). The monoisotopic (exact) mass is 247 g/mol. The van der Waals surface area contributed by atoms with Crippen LogP contribution in [0.25, 0.3) is 0 Å². The van der Waals surface area contributed by atoms with Gasteiger partial charge >= 0.3 is 5.97 Å². The predicted octanol–water partition coefficient (Wildman–Crippen LogP) is 1.40. The molecular formula is C12H13N3O3. The van der Waals surface area contributed by atoms with Crippen LogP contribution in [0.4, 0.5) is 0 Å². The van der Waals surface area contributed by atoms with Crippen LogP contribution in [0, 0.1) is 6.92 Å². The van der Waals surface area contributed by atoms with Gasteiger partial charge in [0.15, 0.2) is 11.4 Å². The first-order valence-electron chi connectivity index (χ1n) is 5.37. The molecule has 6 heteroatoms. The van der Waals surface area contributed by atoms with Gasteiger partial charge in [0.05, 0.1) is 6.20 Å². The Hall–Kier alpha value is -2.37. The van der Waals surface area contributed by atoms with E-state index in [1.165, 1.54) is 0 Å². The Morgan fingerprint density at radius 3 is 2.89 bits per heavy atom. The molecule has 0 bridgehead atoms. The Labute approximate surface area is 104 Å². The van der Waals surface area contributed by atoms with Gasteiger partial charge in [-0.1, -0.05) is 0 Å². The summed E-state index contributed by atoms with van der Waals surface area (Å²) in [5.41, 5.74) is 1.44. The van der Waals surface area contributed by atoms with Crippen molar-refractivity contribution in [3.8, 4) is 5.75 Å². The fourth-order valence-corrected chi connectivity index (χ4v) is 1.52. The Bertz CT molecular complexity index is 578. The number of pyridine rings is 1. The number of hydrogen-bond donors (Lipinski definition) is 1. The first kappa shape index (κ1) is 12.1. The summed E-state index contributed by atoms with van der Waals surface area (Å²) in [5, 5.41) is 13.0. The van der Waals surface area contributed by atoms with Crippen molar-refractivity contribution in [3.63, 3.8) is 0 Å². The van der Waals surface area contributed by atoms with Gasteiger partial charge in [-0.15, -0.1) is 0 Å². The third kappa shape index (κ3) is 2.65. The molecule has 6 nitrogen and oxygen atoms in total. The van der Waals surface area contributed by atoms with Crippen molar-refractivity contribution in [1.29, 1.82) is 0 Å². The number of aromatic carboxylic acids is 1. The number of carboxylic acid groups (broad SMARTS) is 1. The molecule has 0 unspecified atom stereocenters. The SMILES string of the molecule is Cc1ccc(OCc2cnn(C)c2)c(C(=O)O)n1. The molecule has 2 aromatic rings. The molecule has 0 aromatic carbocycles. The number of carbonyl (C=O) groups is 1. The lowest BCUT2D eigenvalue weighted by Gasteiger charge is -2.07. The Morgan fingerprint density at radius 2 is 2.28 bits per heavy atom. The maximum Gasteiger partial charge on any atom is 0.358 e. The van der Waals surface area contributed by atoms with E-state index >= 15 is 0 Å². The van der Waals surface area contributed by atoms with Crippen molar-refractivity contribution in [3.05, 3.63) is 41.5 Å². The quantitative estimate of drug-likeness (QED) is 0.883. The predicted molar refractivity (Wildman–Crippen MR) is 63.5 cm³/mol. The molecule has 0 aliphatic heterocycles. The number of ether oxygens (including phenoxy) is 1. The van der Waals surface area contributed by atoms with Crippen molar-refractivity contribution < 1.29 is 14.6 Å². The summed E-state index contributed by atoms with van der Waals surface area (Å²) in [4.78, 5) is 15.0. The van der Waals surface area contributed by atoms with Gasteiger partial charge in [0.1, 0.15) is 6.61 Å². The summed E-state index contributed by atoms with van der Waals surface area (Å²) in [7, 11) is 1.81. The van der Waals surface area contributed by atoms with Gasteiger partial charge < -0.3 is 9.84 Å². The van der Waals surface area contributed by atoms with E-state index in [2.05, 4.69) is 10.1 Å². The van der Waals surface area contributed by atoms with Crippen LogP contribution in [-0.2, 0) is 13.7 Å². The van der Waals surface area contributed by atoms with Crippen LogP contribution in [0.15, 0.2) is 24.5 Å². The number of nitrogens with zero attached hydrogens (tertiary/aromatic N) is 3. The van der Waals surface area contributed by atoms with E-state index in [-0.39, 0.29) is 18.1 Å². The molecule has 94 valence electrons. The van der Waals surface area contributed by atoms with Gasteiger partial charge in [-0.05, 0) is 19.1 Å². The van der Waals surface area contributed by atoms with Crippen molar-refractivity contribution in [2.24, 2.45) is 7.05 Å². The Morgan fingerprint density at radius 1 is 1.50 bits per heavy atom. The molecule has 0 fully saturated rings. The summed E-state index contributed by atoms with van der Waals surface area (Å²) >= 11 is 0. The van der Waals surface area contributed by atoms with E-state index in [0.29, 0.717) is 5.69 Å². The molecule has 0 saturated heterocycles. The molecular weight excluding hydrogens is 234 g/mol. The molecule has 2 aromatic heterocycles. The highest BCUT2D eigenvalue weighted by molar-refractivity contribution is 5.88. The highest BCUT2D eigenvalue weighted by Gasteiger charge is 2.13. The van der Waals surface area contributed by atoms with Gasteiger partial charge in [-0.2, -0.15) is 5.10 Å². The highest BCUT2D eigenvalue weighted by atomic mass is 16.5. The van der Waals surface area contributed by atoms with Gasteiger partial charge in [-0.3, -0.25) is 4.68 Å². The van der Waals surface area contributed by atoms with Gasteiger partial charge in [0, 0.05) is 24.5 Å². The van der Waals surface area contributed by atoms with Crippen LogP contribution in [0.2, 0.25) is 0 Å². The zero-order valence-electron chi connectivity index (χ0n) is 10.1. The smallest absolute Gasteiger partial charge is 0.358 e. The summed E-state index contributed by atoms with van der Waals surface area (Å²) in [6.45, 7) is 2.00. The fourth-order valence-electron chi connectivity index (χ4n) is 1.52. The number of aryl methyl sites for hydroxylation is 2. The van der Waals surface area contributed by atoms with Gasteiger partial charge in [-0.25, -0.2) is 9.78 Å². The van der Waals surface area contributed by atoms with Crippen molar-refractivity contribution in [1.82, 2.24) is 14.8 Å². The van der Waals surface area contributed by atoms with Gasteiger partial charge in [0.25, 0.3) is 0 Å². The lowest BCUT2D eigenvalue weighted by atomic mass is 10.3. The summed E-state index contributed by atoms with van der Waals surface area (Å²) in [6.07, 6.45) is 3.48. The molecule has 1 N–H and O–H groups in total. The van der Waals surface area contributed by atoms with Crippen molar-refractivity contribution in [2.75, 3.05) is 0 Å². The van der Waals surface area contributed by atoms with E-state index in [4.69, 9.17) is 9.84 Å². The zero-order chi connectivity index (χ0) is 13.1. The standard InChI is InChI=1S/C12H13N3O3/c1-8-3-4-10(11(14-8)12(16)17)18-7-9-5-13-15(2)6-9/h3-6H,7H2,1-2H3,(H,16,17). The first-order valence-corrected chi connectivity index (χ1v) is 5.37. The molecule has 0 aliphatic carbocycles. The fraction of sp³-hybridized carbons (Fsp3) is 0.250. The third-order valence-electron chi connectivity index (χ3n) is 2.35. The molecule has 18 heavy (non-hydrogen) atoms. The first-order chi connectivity index (χ1) is 8.56. The topological polar surface area (TPSA) is 77.2 Å². The molecule has 2 heterocycles. The molecule has 0 atom stereocenters. The van der Waals surface area contributed by atoms with Crippen LogP contribution < -0.4 is 4.74 Å². The second-order valence-corrected chi connectivity index (χ2v) is 3.92. The molecule has 0 radical (unpaired) electrons. The van der Waals surface area contributed by atoms with Crippen molar-refractivity contribution in [2.45, 2.75) is 13.5 Å². The molecule has 0 saturated carbocycles. The summed E-state index contributed by atoms with van der Waals surface area (Å²) in [6, 6.07) is 3.33. The molecule has 0 amide bonds. The second kappa shape index (κ2) is 4.87. The maximum atomic E-state index is 11.0. The average molecular weight is 247 g/mol. The summed E-state index contributed by atoms with van der Waals surface area (Å²) in [5.74, 6) is -0.836. The maximum absolute atomic E-state index is 11.0. The lowest BCUT2D eigenvalue weighted by Crippen LogP contribution is -2.06. The lowest BCUT2D eigenvalue weighted by molar-refractivity contribution is 0.0684. The normalized spacial score (nSPS) is 10.3. The van der Waals surface area contributed by atoms with Crippen LogP contribution >= 0.6 is 0 Å². The van der Waals surface area contributed by atoms with E-state index in [1.54, 1.807) is 37.0 Å². The zero-order valence-corrected chi connectivity index (χ0v) is 10.1. The second-order valence-electron chi connectivity index (χ2n) is 3.92. The van der Waals surface area contributed by atoms with E-state index in [1.807, 2.05) is 6.20 Å². The van der Waals surface area contributed by atoms with E-state index in [9.17, 15) is 4.79 Å². The number of hydrogen-bond acceptors (Lipinski definition) is 4. The van der Waals surface area contributed by atoms with Crippen LogP contribution in [0.1, 0.15) is 21.7 Å². The van der Waals surface area contributed by atoms with Crippen LogP contribution in [-0.4, -0.2) is 25.8 Å². The Balaban J connectivity index is 2.16. The average Bonchev–Trinajstić information content (AvgIpc) is 2.73. The third-order valence-corrected chi connectivity index (χ3v) is 2.35. The minimum absolute atomic E-state index is 0.0705. The minimum Gasteiger partial charge on any atom is -0.486 e. The van der Waals surface area contributed by atoms with E-state index < -0.39 is 5.97 Å². The van der Waals surface area contributed by atoms with Crippen LogP contribution in [0.5, 0.6) is 5.75 Å². The minimum atomic E-state index is -1.10. The van der Waals surface area contributed by atoms with Crippen LogP contribution in [0.3, 0.4) is 0 Å². The van der Waals surface area contributed by atoms with E-state index in [0.717, 1.165) is 5.56 Å². The largest absolute Gasteiger partial charge is 0.486 e. The number of carboxylic acids is 1. The summed E-state index contributed by atoms with van der Waals surface area (Å²) < 4.78 is 7.11. The molecule has 0 spiro atoms. The number of aromatic nitrogens is 3. The number of rotatable bonds is 4. The molecule has 0 aliphatic rings. The Kier molecular flexibility index (Phi) is 3.27.